The molecule has 0 aliphatic rings. The highest BCUT2D eigenvalue weighted by Gasteiger charge is 2.17. The third-order valence-corrected chi connectivity index (χ3v) is 5.28. The van der Waals surface area contributed by atoms with E-state index in [1.807, 2.05) is 13.0 Å². The van der Waals surface area contributed by atoms with Gasteiger partial charge in [0.15, 0.2) is 0 Å². The molecule has 0 saturated heterocycles. The number of non-ortho nitro benzene ring substituents is 1. The van der Waals surface area contributed by atoms with Gasteiger partial charge in [0, 0.05) is 18.7 Å². The quantitative estimate of drug-likeness (QED) is 0.429. The van der Waals surface area contributed by atoms with Crippen molar-refractivity contribution in [1.29, 1.82) is 0 Å². The Morgan fingerprint density at radius 1 is 1.23 bits per heavy atom. The number of rotatable bonds is 8. The summed E-state index contributed by atoms with van der Waals surface area (Å²) in [6.45, 7) is 2.05. The van der Waals surface area contributed by atoms with Crippen LogP contribution in [0.3, 0.4) is 0 Å². The molecule has 2 aromatic rings. The van der Waals surface area contributed by atoms with Crippen LogP contribution in [0, 0.1) is 15.9 Å². The minimum Gasteiger partial charge on any atom is -0.258 e. The average molecular weight is 378 g/mol. The molecule has 0 radical (unpaired) electrons. The van der Waals surface area contributed by atoms with Crippen molar-refractivity contribution >= 4 is 21.3 Å². The molecule has 138 valence electrons. The number of nitro groups is 1. The number of hydrogen-bond donors (Lipinski definition) is 1. The maximum Gasteiger partial charge on any atom is 0.270 e. The highest BCUT2D eigenvalue weighted by molar-refractivity contribution is 7.89. The summed E-state index contributed by atoms with van der Waals surface area (Å²) < 4.78 is 39.9. The molecule has 2 rings (SSSR count). The lowest BCUT2D eigenvalue weighted by molar-refractivity contribution is -0.385. The minimum absolute atomic E-state index is 0.142. The molecular formula is C18H19FN2O4S. The van der Waals surface area contributed by atoms with Gasteiger partial charge in [0.1, 0.15) is 5.82 Å². The molecule has 0 amide bonds. The number of benzene rings is 2. The average Bonchev–Trinajstić information content (AvgIpc) is 2.63. The molecule has 2 aromatic carbocycles. The van der Waals surface area contributed by atoms with Crippen LogP contribution in [-0.2, 0) is 10.0 Å². The van der Waals surface area contributed by atoms with Gasteiger partial charge in [-0.25, -0.2) is 17.5 Å². The Morgan fingerprint density at radius 2 is 1.92 bits per heavy atom. The lowest BCUT2D eigenvalue weighted by atomic mass is 10.0. The highest BCUT2D eigenvalue weighted by atomic mass is 32.2. The number of nitro benzene ring substituents is 1. The smallest absolute Gasteiger partial charge is 0.258 e. The van der Waals surface area contributed by atoms with Crippen LogP contribution >= 0.6 is 0 Å². The predicted octanol–water partition coefficient (Wildman–Crippen LogP) is 3.90. The van der Waals surface area contributed by atoms with Crippen LogP contribution in [0.1, 0.15) is 25.3 Å². The van der Waals surface area contributed by atoms with E-state index in [9.17, 15) is 22.9 Å². The zero-order valence-corrected chi connectivity index (χ0v) is 15.0. The first-order chi connectivity index (χ1) is 12.3. The topological polar surface area (TPSA) is 89.3 Å². The van der Waals surface area contributed by atoms with E-state index in [1.54, 1.807) is 12.1 Å². The first-order valence-corrected chi connectivity index (χ1v) is 9.47. The molecule has 0 heterocycles. The van der Waals surface area contributed by atoms with Gasteiger partial charge >= 0.3 is 0 Å². The molecule has 0 aliphatic heterocycles. The number of nitrogens with zero attached hydrogens (tertiary/aromatic N) is 1. The van der Waals surface area contributed by atoms with Crippen molar-refractivity contribution in [1.82, 2.24) is 4.72 Å². The van der Waals surface area contributed by atoms with Gasteiger partial charge in [0.25, 0.3) is 5.69 Å². The SMILES string of the molecule is C/C=C(/CCCNS(=O)(=O)c1cccc([N+](=O)[O-])c1)c1ccc(F)cc1. The Bertz CT molecular complexity index is 909. The van der Waals surface area contributed by atoms with Crippen LogP contribution in [0.5, 0.6) is 0 Å². The molecule has 0 fully saturated rings. The Hall–Kier alpha value is -2.58. The van der Waals surface area contributed by atoms with E-state index in [0.29, 0.717) is 12.8 Å². The van der Waals surface area contributed by atoms with Gasteiger partial charge in [-0.05, 0) is 49.1 Å². The first kappa shape index (κ1) is 19.7. The molecule has 0 aromatic heterocycles. The zero-order valence-electron chi connectivity index (χ0n) is 14.2. The second kappa shape index (κ2) is 8.68. The molecule has 8 heteroatoms. The third kappa shape index (κ3) is 5.21. The Kier molecular flexibility index (Phi) is 6.59. The van der Waals surface area contributed by atoms with Crippen molar-refractivity contribution in [2.45, 2.75) is 24.7 Å². The molecule has 1 N–H and O–H groups in total. The Labute approximate surface area is 151 Å². The van der Waals surface area contributed by atoms with Crippen LogP contribution in [-0.4, -0.2) is 19.9 Å². The third-order valence-electron chi connectivity index (χ3n) is 3.82. The van der Waals surface area contributed by atoms with Crippen LogP contribution in [0.4, 0.5) is 10.1 Å². The van der Waals surface area contributed by atoms with E-state index in [2.05, 4.69) is 4.72 Å². The fourth-order valence-corrected chi connectivity index (χ4v) is 3.57. The lowest BCUT2D eigenvalue weighted by Crippen LogP contribution is -2.24. The molecule has 0 bridgehead atoms. The lowest BCUT2D eigenvalue weighted by Gasteiger charge is -2.09. The van der Waals surface area contributed by atoms with Crippen LogP contribution in [0.25, 0.3) is 5.57 Å². The molecular weight excluding hydrogens is 359 g/mol. The van der Waals surface area contributed by atoms with Gasteiger partial charge in [-0.15, -0.1) is 0 Å². The summed E-state index contributed by atoms with van der Waals surface area (Å²) in [5.74, 6) is -0.311. The maximum atomic E-state index is 13.0. The second-order valence-corrected chi connectivity index (χ2v) is 7.34. The van der Waals surface area contributed by atoms with E-state index in [-0.39, 0.29) is 22.9 Å². The summed E-state index contributed by atoms with van der Waals surface area (Å²) in [5, 5.41) is 10.8. The summed E-state index contributed by atoms with van der Waals surface area (Å²) in [6.07, 6.45) is 3.05. The van der Waals surface area contributed by atoms with Crippen molar-refractivity contribution in [2.75, 3.05) is 6.54 Å². The first-order valence-electron chi connectivity index (χ1n) is 7.99. The van der Waals surface area contributed by atoms with Crippen molar-refractivity contribution in [3.63, 3.8) is 0 Å². The zero-order chi connectivity index (χ0) is 19.2. The molecule has 0 aliphatic carbocycles. The highest BCUT2D eigenvalue weighted by Crippen LogP contribution is 2.21. The van der Waals surface area contributed by atoms with Crippen LogP contribution < -0.4 is 4.72 Å². The molecule has 0 saturated carbocycles. The van der Waals surface area contributed by atoms with E-state index in [4.69, 9.17) is 0 Å². The minimum atomic E-state index is -3.81. The fraction of sp³-hybridized carbons (Fsp3) is 0.222. The predicted molar refractivity (Wildman–Crippen MR) is 97.6 cm³/mol. The largest absolute Gasteiger partial charge is 0.270 e. The monoisotopic (exact) mass is 378 g/mol. The number of sulfonamides is 1. The van der Waals surface area contributed by atoms with Gasteiger partial charge in [0.2, 0.25) is 10.0 Å². The van der Waals surface area contributed by atoms with Gasteiger partial charge < -0.3 is 0 Å². The number of hydrogen-bond acceptors (Lipinski definition) is 4. The normalized spacial score (nSPS) is 12.2. The van der Waals surface area contributed by atoms with Crippen LogP contribution in [0.2, 0.25) is 0 Å². The van der Waals surface area contributed by atoms with Crippen molar-refractivity contribution in [3.05, 3.63) is 76.1 Å². The van der Waals surface area contributed by atoms with Gasteiger partial charge in [-0.2, -0.15) is 0 Å². The summed E-state index contributed by atoms with van der Waals surface area (Å²) in [4.78, 5) is 9.98. The fourth-order valence-electron chi connectivity index (χ4n) is 2.45. The molecule has 6 nitrogen and oxygen atoms in total. The van der Waals surface area contributed by atoms with Crippen molar-refractivity contribution in [2.24, 2.45) is 0 Å². The molecule has 0 atom stereocenters. The second-order valence-electron chi connectivity index (χ2n) is 5.58. The standard InChI is InChI=1S/C18H19FN2O4S/c1-2-14(15-8-10-16(19)11-9-15)5-4-12-20-26(24,25)18-7-3-6-17(13-18)21(22)23/h2-3,6-11,13,20H,4-5,12H2,1H3/b14-2-. The maximum absolute atomic E-state index is 13.0. The van der Waals surface area contributed by atoms with Crippen molar-refractivity contribution in [3.8, 4) is 0 Å². The van der Waals surface area contributed by atoms with Gasteiger partial charge in [-0.1, -0.05) is 24.3 Å². The molecule has 0 unspecified atom stereocenters. The molecule has 0 spiro atoms. The number of halogens is 1. The van der Waals surface area contributed by atoms with E-state index >= 15 is 0 Å². The summed E-state index contributed by atoms with van der Waals surface area (Å²) in [6, 6.07) is 11.0. The number of nitrogens with one attached hydrogen (secondary N) is 1. The van der Waals surface area contributed by atoms with Gasteiger partial charge in [0.05, 0.1) is 9.82 Å². The summed E-state index contributed by atoms with van der Waals surface area (Å²) >= 11 is 0. The number of allylic oxidation sites excluding steroid dienone is 2. The van der Waals surface area contributed by atoms with Gasteiger partial charge in [-0.3, -0.25) is 10.1 Å². The summed E-state index contributed by atoms with van der Waals surface area (Å²) in [7, 11) is -3.81. The summed E-state index contributed by atoms with van der Waals surface area (Å²) in [5.41, 5.74) is 1.59. The van der Waals surface area contributed by atoms with Crippen LogP contribution in [0.15, 0.2) is 59.5 Å². The molecule has 26 heavy (non-hydrogen) atoms. The van der Waals surface area contributed by atoms with E-state index in [1.165, 1.54) is 30.3 Å². The Morgan fingerprint density at radius 3 is 2.54 bits per heavy atom. The Balaban J connectivity index is 1.95. The van der Waals surface area contributed by atoms with E-state index in [0.717, 1.165) is 17.2 Å². The van der Waals surface area contributed by atoms with Crippen molar-refractivity contribution < 1.29 is 17.7 Å². The van der Waals surface area contributed by atoms with E-state index < -0.39 is 14.9 Å².